The van der Waals surface area contributed by atoms with Crippen molar-refractivity contribution in [2.45, 2.75) is 130 Å². The third-order valence-electron chi connectivity index (χ3n) is 5.62. The third-order valence-corrected chi connectivity index (χ3v) is 6.14. The molecule has 220 valence electrons. The van der Waals surface area contributed by atoms with E-state index in [1.54, 1.807) is 0 Å². The van der Waals surface area contributed by atoms with Gasteiger partial charge >= 0.3 is 7.82 Å². The van der Waals surface area contributed by atoms with Gasteiger partial charge in [-0.2, -0.15) is 0 Å². The van der Waals surface area contributed by atoms with Crippen molar-refractivity contribution in [2.75, 3.05) is 46.2 Å². The maximum atomic E-state index is 9.81. The van der Waals surface area contributed by atoms with Crippen molar-refractivity contribution < 1.29 is 33.1 Å². The Balaban J connectivity index is 0. The SMILES string of the molecule is CCCCCCCCCCCCOC[C@@H](COCCCCC)OCCCCC.NCCOP(=O)(O)O. The van der Waals surface area contributed by atoms with Gasteiger partial charge in [0.1, 0.15) is 6.10 Å². The maximum absolute atomic E-state index is 9.81. The van der Waals surface area contributed by atoms with Gasteiger partial charge in [-0.3, -0.25) is 4.52 Å². The lowest BCUT2D eigenvalue weighted by Gasteiger charge is -2.18. The van der Waals surface area contributed by atoms with Crippen molar-refractivity contribution >= 4 is 7.82 Å². The first kappa shape index (κ1) is 38.1. The Morgan fingerprint density at radius 3 is 1.42 bits per heavy atom. The zero-order valence-electron chi connectivity index (χ0n) is 23.8. The number of hydrogen-bond acceptors (Lipinski definition) is 6. The Bertz CT molecular complexity index is 452. The van der Waals surface area contributed by atoms with Crippen LogP contribution in [0.15, 0.2) is 0 Å². The maximum Gasteiger partial charge on any atom is 0.469 e. The number of hydrogen-bond donors (Lipinski definition) is 3. The minimum Gasteiger partial charge on any atom is -0.379 e. The van der Waals surface area contributed by atoms with Crippen molar-refractivity contribution in [3.05, 3.63) is 0 Å². The molecule has 0 aromatic carbocycles. The number of ether oxygens (including phenoxy) is 3. The Morgan fingerprint density at radius 2 is 1.00 bits per heavy atom. The topological polar surface area (TPSA) is 120 Å². The first-order valence-electron chi connectivity index (χ1n) is 14.6. The molecule has 0 saturated heterocycles. The van der Waals surface area contributed by atoms with Crippen LogP contribution >= 0.6 is 7.82 Å². The highest BCUT2D eigenvalue weighted by molar-refractivity contribution is 7.46. The Morgan fingerprint density at radius 1 is 0.611 bits per heavy atom. The molecule has 8 nitrogen and oxygen atoms in total. The largest absolute Gasteiger partial charge is 0.469 e. The van der Waals surface area contributed by atoms with Crippen LogP contribution in [0.3, 0.4) is 0 Å². The molecule has 0 rings (SSSR count). The summed E-state index contributed by atoms with van der Waals surface area (Å²) < 4.78 is 31.4. The van der Waals surface area contributed by atoms with E-state index in [1.807, 2.05) is 0 Å². The van der Waals surface area contributed by atoms with Gasteiger partial charge < -0.3 is 29.7 Å². The van der Waals surface area contributed by atoms with Crippen LogP contribution in [0.25, 0.3) is 0 Å². The first-order chi connectivity index (χ1) is 17.4. The van der Waals surface area contributed by atoms with E-state index in [1.165, 1.54) is 89.9 Å². The lowest BCUT2D eigenvalue weighted by Crippen LogP contribution is -2.26. The summed E-state index contributed by atoms with van der Waals surface area (Å²) in [6, 6.07) is 0. The van der Waals surface area contributed by atoms with Crippen molar-refractivity contribution in [3.8, 4) is 0 Å². The Labute approximate surface area is 222 Å². The smallest absolute Gasteiger partial charge is 0.379 e. The predicted octanol–water partition coefficient (Wildman–Crippen LogP) is 6.76. The molecular formula is C27H60NO7P. The molecular weight excluding hydrogens is 481 g/mol. The zero-order valence-corrected chi connectivity index (χ0v) is 24.7. The van der Waals surface area contributed by atoms with Gasteiger partial charge in [-0.1, -0.05) is 104 Å². The van der Waals surface area contributed by atoms with Gasteiger partial charge in [-0.05, 0) is 19.3 Å². The minimum atomic E-state index is -4.26. The quantitative estimate of drug-likeness (QED) is 0.0770. The minimum absolute atomic E-state index is 0.0987. The summed E-state index contributed by atoms with van der Waals surface area (Å²) in [5, 5.41) is 0. The lowest BCUT2D eigenvalue weighted by atomic mass is 10.1. The molecule has 0 fully saturated rings. The second-order valence-electron chi connectivity index (χ2n) is 9.35. The van der Waals surface area contributed by atoms with Gasteiger partial charge in [0.05, 0.1) is 19.8 Å². The molecule has 0 heterocycles. The summed E-state index contributed by atoms with van der Waals surface area (Å²) in [4.78, 5) is 16.0. The highest BCUT2D eigenvalue weighted by Crippen LogP contribution is 2.34. The molecule has 0 aliphatic heterocycles. The van der Waals surface area contributed by atoms with Crippen LogP contribution in [0.1, 0.15) is 124 Å². The van der Waals surface area contributed by atoms with Gasteiger partial charge in [0.25, 0.3) is 0 Å². The summed E-state index contributed by atoms with van der Waals surface area (Å²) in [6.07, 6.45) is 21.0. The zero-order chi connectivity index (χ0) is 27.2. The predicted molar refractivity (Wildman–Crippen MR) is 149 cm³/mol. The van der Waals surface area contributed by atoms with E-state index in [2.05, 4.69) is 25.3 Å². The van der Waals surface area contributed by atoms with Crippen LogP contribution in [-0.4, -0.2) is 62.1 Å². The van der Waals surface area contributed by atoms with E-state index in [0.717, 1.165) is 32.7 Å². The van der Waals surface area contributed by atoms with E-state index in [0.29, 0.717) is 13.2 Å². The van der Waals surface area contributed by atoms with Gasteiger partial charge in [-0.15, -0.1) is 0 Å². The fourth-order valence-electron chi connectivity index (χ4n) is 3.49. The highest BCUT2D eigenvalue weighted by atomic mass is 31.2. The van der Waals surface area contributed by atoms with Crippen LogP contribution in [0.4, 0.5) is 0 Å². The summed E-state index contributed by atoms with van der Waals surface area (Å²) >= 11 is 0. The standard InChI is InChI=1S/C25H52O3.C2H8NO4P/c1-4-7-10-11-12-13-14-15-16-19-21-27-24-25(28-22-18-9-6-3)23-26-20-17-8-5-2;3-1-2-7-8(4,5)6/h25H,4-24H2,1-3H3;1-3H2,(H2,4,5,6)/t25-;/m1./s1. The number of phosphoric ester groups is 1. The Hall–Kier alpha value is -0.0500. The second-order valence-corrected chi connectivity index (χ2v) is 10.6. The molecule has 0 bridgehead atoms. The summed E-state index contributed by atoms with van der Waals surface area (Å²) in [6.45, 7) is 10.6. The van der Waals surface area contributed by atoms with Crippen molar-refractivity contribution in [1.29, 1.82) is 0 Å². The monoisotopic (exact) mass is 541 g/mol. The Kier molecular flexibility index (Phi) is 33.0. The number of phosphoric acid groups is 1. The molecule has 9 heteroatoms. The van der Waals surface area contributed by atoms with Gasteiger partial charge in [-0.25, -0.2) is 4.57 Å². The van der Waals surface area contributed by atoms with E-state index in [9.17, 15) is 4.57 Å². The molecule has 36 heavy (non-hydrogen) atoms. The van der Waals surface area contributed by atoms with Crippen LogP contribution in [-0.2, 0) is 23.3 Å². The number of nitrogens with two attached hydrogens (primary N) is 1. The van der Waals surface area contributed by atoms with Crippen LogP contribution in [0, 0.1) is 0 Å². The van der Waals surface area contributed by atoms with Crippen molar-refractivity contribution in [1.82, 2.24) is 0 Å². The van der Waals surface area contributed by atoms with Gasteiger partial charge in [0, 0.05) is 26.4 Å². The fraction of sp³-hybridized carbons (Fsp3) is 1.00. The molecule has 1 atom stereocenters. The van der Waals surface area contributed by atoms with Crippen LogP contribution < -0.4 is 5.73 Å². The molecule has 0 amide bonds. The number of rotatable bonds is 27. The molecule has 4 N–H and O–H groups in total. The van der Waals surface area contributed by atoms with E-state index >= 15 is 0 Å². The number of unbranched alkanes of at least 4 members (excludes halogenated alkanes) is 13. The van der Waals surface area contributed by atoms with Gasteiger partial charge in [0.15, 0.2) is 0 Å². The van der Waals surface area contributed by atoms with Crippen molar-refractivity contribution in [3.63, 3.8) is 0 Å². The molecule has 0 spiro atoms. The summed E-state index contributed by atoms with van der Waals surface area (Å²) in [5.74, 6) is 0. The van der Waals surface area contributed by atoms with E-state index < -0.39 is 7.82 Å². The van der Waals surface area contributed by atoms with E-state index in [4.69, 9.17) is 29.7 Å². The summed E-state index contributed by atoms with van der Waals surface area (Å²) in [7, 11) is -4.26. The van der Waals surface area contributed by atoms with Crippen molar-refractivity contribution in [2.24, 2.45) is 5.73 Å². The molecule has 0 aliphatic rings. The molecule has 0 aromatic heterocycles. The molecule has 0 saturated carbocycles. The first-order valence-corrected chi connectivity index (χ1v) is 16.1. The average molecular weight is 542 g/mol. The highest BCUT2D eigenvalue weighted by Gasteiger charge is 2.11. The second kappa shape index (κ2) is 31.2. The van der Waals surface area contributed by atoms with E-state index in [-0.39, 0.29) is 19.3 Å². The molecule has 0 aromatic rings. The van der Waals surface area contributed by atoms with Crippen LogP contribution in [0.2, 0.25) is 0 Å². The molecule has 0 radical (unpaired) electrons. The van der Waals surface area contributed by atoms with Crippen LogP contribution in [0.5, 0.6) is 0 Å². The third kappa shape index (κ3) is 36.1. The molecule has 0 aliphatic carbocycles. The summed E-state index contributed by atoms with van der Waals surface area (Å²) in [5.41, 5.74) is 4.87. The lowest BCUT2D eigenvalue weighted by molar-refractivity contribution is -0.0615. The molecule has 0 unspecified atom stereocenters. The fourth-order valence-corrected chi connectivity index (χ4v) is 3.84. The normalized spacial score (nSPS) is 12.4. The van der Waals surface area contributed by atoms with Gasteiger partial charge in [0.2, 0.25) is 0 Å². The average Bonchev–Trinajstić information content (AvgIpc) is 2.85.